The average Bonchev–Trinajstić information content (AvgIpc) is 3.30. The van der Waals surface area contributed by atoms with E-state index in [1.807, 2.05) is 25.2 Å². The molecule has 0 bridgehead atoms. The van der Waals surface area contributed by atoms with Crippen LogP contribution in [0.4, 0.5) is 5.82 Å². The van der Waals surface area contributed by atoms with Crippen molar-refractivity contribution in [1.82, 2.24) is 19.5 Å². The number of hydrogen-bond acceptors (Lipinski definition) is 7. The molecular formula is C19H24ClN5O3Si. The number of halogens is 1. The topological polar surface area (TPSA) is 96.5 Å². The maximum absolute atomic E-state index is 10.1. The molecule has 1 aliphatic rings. The van der Waals surface area contributed by atoms with Crippen molar-refractivity contribution in [1.29, 1.82) is 0 Å². The summed E-state index contributed by atoms with van der Waals surface area (Å²) in [6, 6.07) is 10.3. The van der Waals surface area contributed by atoms with Crippen molar-refractivity contribution < 1.29 is 14.9 Å². The maximum atomic E-state index is 10.1. The molecule has 10 heteroatoms. The van der Waals surface area contributed by atoms with Gasteiger partial charge in [0, 0.05) is 6.42 Å². The monoisotopic (exact) mass is 433 g/mol. The lowest BCUT2D eigenvalue weighted by atomic mass is 10.2. The highest BCUT2D eigenvalue weighted by Crippen LogP contribution is 2.33. The Bertz CT molecular complexity index is 1020. The van der Waals surface area contributed by atoms with Gasteiger partial charge in [-0.15, -0.1) is 0 Å². The number of aliphatic hydroxyl groups is 2. The number of imidazole rings is 1. The molecule has 1 aliphatic heterocycles. The first kappa shape index (κ1) is 20.2. The Morgan fingerprint density at radius 2 is 2.00 bits per heavy atom. The van der Waals surface area contributed by atoms with Crippen LogP contribution in [0, 0.1) is 0 Å². The van der Waals surface area contributed by atoms with Gasteiger partial charge in [0.05, 0.1) is 19.0 Å². The average molecular weight is 434 g/mol. The first-order chi connectivity index (χ1) is 13.8. The summed E-state index contributed by atoms with van der Waals surface area (Å²) in [4.78, 5) is 13.4. The van der Waals surface area contributed by atoms with Gasteiger partial charge in [-0.2, -0.15) is 9.97 Å². The van der Waals surface area contributed by atoms with Crippen LogP contribution in [0.15, 0.2) is 36.7 Å². The van der Waals surface area contributed by atoms with Crippen LogP contribution in [0.1, 0.15) is 12.6 Å². The number of anilines is 1. The van der Waals surface area contributed by atoms with Gasteiger partial charge in [-0.05, 0) is 36.9 Å². The molecular weight excluding hydrogens is 410 g/mol. The van der Waals surface area contributed by atoms with E-state index in [4.69, 9.17) is 16.3 Å². The maximum Gasteiger partial charge on any atom is 0.226 e. The molecule has 0 saturated carbocycles. The SMILES string of the molecule is CN(c1nc(Cl)nc2c1ncn2C1CC(O)C(CO)O1)[Si](C)(C)c1ccccc1. The summed E-state index contributed by atoms with van der Waals surface area (Å²) in [5.74, 6) is 0.663. The summed E-state index contributed by atoms with van der Waals surface area (Å²) in [6.07, 6.45) is 0.123. The highest BCUT2D eigenvalue weighted by molar-refractivity contribution is 6.92. The number of benzene rings is 1. The van der Waals surface area contributed by atoms with E-state index in [1.165, 1.54) is 5.19 Å². The Morgan fingerprint density at radius 3 is 2.66 bits per heavy atom. The van der Waals surface area contributed by atoms with E-state index in [0.29, 0.717) is 23.4 Å². The number of ether oxygens (including phenoxy) is 1. The molecule has 4 rings (SSSR count). The largest absolute Gasteiger partial charge is 0.394 e. The molecule has 2 N–H and O–H groups in total. The number of aromatic nitrogens is 4. The second kappa shape index (κ2) is 7.65. The zero-order valence-corrected chi connectivity index (χ0v) is 18.3. The standard InChI is InChI=1S/C19H24ClN5O3Si/c1-24(29(2,3)12-7-5-4-6-8-12)17-16-18(23-19(20)22-17)25(11-21-16)15-9-13(27)14(10-26)28-15/h4-8,11,13-15,26-27H,9-10H2,1-3H3. The molecule has 8 nitrogen and oxygen atoms in total. The molecule has 2 aromatic heterocycles. The molecule has 1 aromatic carbocycles. The van der Waals surface area contributed by atoms with Crippen LogP contribution in [-0.2, 0) is 4.74 Å². The molecule has 0 aliphatic carbocycles. The molecule has 3 heterocycles. The van der Waals surface area contributed by atoms with Gasteiger partial charge in [0.2, 0.25) is 5.28 Å². The van der Waals surface area contributed by atoms with Gasteiger partial charge in [-0.25, -0.2) is 4.98 Å². The highest BCUT2D eigenvalue weighted by Gasteiger charge is 2.37. The predicted molar refractivity (Wildman–Crippen MR) is 114 cm³/mol. The van der Waals surface area contributed by atoms with E-state index in [0.717, 1.165) is 0 Å². The van der Waals surface area contributed by atoms with Crippen LogP contribution in [-0.4, -0.2) is 63.8 Å². The van der Waals surface area contributed by atoms with Gasteiger partial charge in [0.25, 0.3) is 0 Å². The van der Waals surface area contributed by atoms with Gasteiger partial charge < -0.3 is 19.5 Å². The third-order valence-electron chi connectivity index (χ3n) is 5.71. The van der Waals surface area contributed by atoms with Crippen LogP contribution in [0.3, 0.4) is 0 Å². The third-order valence-corrected chi connectivity index (χ3v) is 9.51. The predicted octanol–water partition coefficient (Wildman–Crippen LogP) is 1.67. The second-order valence-corrected chi connectivity index (χ2v) is 12.4. The number of hydrogen-bond donors (Lipinski definition) is 2. The fourth-order valence-electron chi connectivity index (χ4n) is 3.68. The molecule has 154 valence electrons. The lowest BCUT2D eigenvalue weighted by Crippen LogP contribution is -2.56. The van der Waals surface area contributed by atoms with E-state index in [1.54, 1.807) is 10.9 Å². The minimum absolute atomic E-state index is 0.121. The summed E-state index contributed by atoms with van der Waals surface area (Å²) in [5.41, 5.74) is 1.17. The molecule has 3 atom stereocenters. The molecule has 0 spiro atoms. The van der Waals surface area contributed by atoms with Crippen LogP contribution in [0.5, 0.6) is 0 Å². The quantitative estimate of drug-likeness (QED) is 0.466. The lowest BCUT2D eigenvalue weighted by molar-refractivity contribution is -0.0432. The van der Waals surface area contributed by atoms with E-state index in [9.17, 15) is 10.2 Å². The van der Waals surface area contributed by atoms with Gasteiger partial charge in [-0.3, -0.25) is 4.57 Å². The third kappa shape index (κ3) is 3.53. The van der Waals surface area contributed by atoms with Gasteiger partial charge >= 0.3 is 0 Å². The zero-order valence-electron chi connectivity index (χ0n) is 16.5. The van der Waals surface area contributed by atoms with Crippen molar-refractivity contribution in [2.75, 3.05) is 18.2 Å². The zero-order chi connectivity index (χ0) is 20.8. The van der Waals surface area contributed by atoms with Crippen molar-refractivity contribution in [3.8, 4) is 0 Å². The normalized spacial score (nSPS) is 22.3. The minimum Gasteiger partial charge on any atom is -0.394 e. The molecule has 29 heavy (non-hydrogen) atoms. The Kier molecular flexibility index (Phi) is 5.34. The number of rotatable bonds is 5. The first-order valence-electron chi connectivity index (χ1n) is 9.46. The van der Waals surface area contributed by atoms with E-state index < -0.39 is 26.7 Å². The van der Waals surface area contributed by atoms with Crippen LogP contribution >= 0.6 is 11.6 Å². The van der Waals surface area contributed by atoms with E-state index in [2.05, 4.69) is 44.7 Å². The van der Waals surface area contributed by atoms with E-state index >= 15 is 0 Å². The van der Waals surface area contributed by atoms with Gasteiger partial charge in [0.15, 0.2) is 19.7 Å². The lowest BCUT2D eigenvalue weighted by Gasteiger charge is -2.35. The minimum atomic E-state index is -2.08. The summed E-state index contributed by atoms with van der Waals surface area (Å²) in [7, 11) is -0.0750. The molecule has 1 saturated heterocycles. The summed E-state index contributed by atoms with van der Waals surface area (Å²) >= 11 is 6.28. The Balaban J connectivity index is 1.76. The Hall–Kier alpha value is -2.04. The Morgan fingerprint density at radius 1 is 1.28 bits per heavy atom. The van der Waals surface area contributed by atoms with E-state index in [-0.39, 0.29) is 11.9 Å². The van der Waals surface area contributed by atoms with Crippen molar-refractivity contribution in [2.45, 2.75) is 38.0 Å². The summed E-state index contributed by atoms with van der Waals surface area (Å²) in [6.45, 7) is 4.23. The summed E-state index contributed by atoms with van der Waals surface area (Å²) in [5, 5.41) is 20.8. The fraction of sp³-hybridized carbons (Fsp3) is 0.421. The van der Waals surface area contributed by atoms with Crippen molar-refractivity contribution in [2.24, 2.45) is 0 Å². The van der Waals surface area contributed by atoms with Crippen molar-refractivity contribution in [3.05, 3.63) is 41.9 Å². The molecule has 3 aromatic rings. The number of fused-ring (bicyclic) bond motifs is 1. The van der Waals surface area contributed by atoms with Crippen LogP contribution < -0.4 is 9.75 Å². The van der Waals surface area contributed by atoms with Crippen LogP contribution in [0.2, 0.25) is 18.4 Å². The van der Waals surface area contributed by atoms with Crippen LogP contribution in [0.25, 0.3) is 11.2 Å². The number of aliphatic hydroxyl groups excluding tert-OH is 2. The molecule has 0 amide bonds. The first-order valence-corrected chi connectivity index (χ1v) is 12.8. The second-order valence-electron chi connectivity index (χ2n) is 7.74. The smallest absolute Gasteiger partial charge is 0.226 e. The molecule has 1 fully saturated rings. The highest BCUT2D eigenvalue weighted by atomic mass is 35.5. The summed E-state index contributed by atoms with van der Waals surface area (Å²) < 4.78 is 9.68. The van der Waals surface area contributed by atoms with Gasteiger partial charge in [0.1, 0.15) is 17.8 Å². The van der Waals surface area contributed by atoms with Gasteiger partial charge in [-0.1, -0.05) is 30.3 Å². The van der Waals surface area contributed by atoms with Crippen molar-refractivity contribution in [3.63, 3.8) is 0 Å². The number of nitrogens with zero attached hydrogens (tertiary/aromatic N) is 5. The van der Waals surface area contributed by atoms with Crippen molar-refractivity contribution >= 4 is 42.0 Å². The Labute approximate surface area is 174 Å². The molecule has 0 radical (unpaired) electrons. The molecule has 3 unspecified atom stereocenters. The fourth-order valence-corrected chi connectivity index (χ4v) is 5.92.